The van der Waals surface area contributed by atoms with Gasteiger partial charge in [0.2, 0.25) is 0 Å². The standard InChI is InChI=1S/C17H23N5O4S3.C3H8.C2H6/c1-5-19-29(24,25)17-14(23)13(10(4)27-17)20-16-15(21-28-22-16)18-7-12-6-11(8-26-12)9(2)3;1-3-2;1-2/h6,8-9,19,23H,5,7H2,1-4H3,(H,18,21)(H,20,22);3H2,1-2H3;1-2H3. The molecule has 0 radical (unpaired) electrons. The Hall–Kier alpha value is -2.15. The summed E-state index contributed by atoms with van der Waals surface area (Å²) < 4.78 is 40.7. The van der Waals surface area contributed by atoms with Crippen LogP contribution in [-0.4, -0.2) is 28.8 Å². The first-order chi connectivity index (χ1) is 16.1. The van der Waals surface area contributed by atoms with Crippen LogP contribution in [0.1, 0.15) is 77.0 Å². The van der Waals surface area contributed by atoms with Crippen LogP contribution in [0.4, 0.5) is 17.3 Å². The monoisotopic (exact) mass is 531 g/mol. The van der Waals surface area contributed by atoms with Gasteiger partial charge in [0, 0.05) is 11.4 Å². The van der Waals surface area contributed by atoms with Crippen molar-refractivity contribution in [3.63, 3.8) is 0 Å². The lowest BCUT2D eigenvalue weighted by atomic mass is 10.1. The number of nitrogens with zero attached hydrogens (tertiary/aromatic N) is 2. The number of rotatable bonds is 9. The molecule has 34 heavy (non-hydrogen) atoms. The van der Waals surface area contributed by atoms with Crippen LogP contribution in [0.15, 0.2) is 21.0 Å². The van der Waals surface area contributed by atoms with Crippen LogP contribution in [0, 0.1) is 6.92 Å². The lowest BCUT2D eigenvalue weighted by Crippen LogP contribution is -2.22. The predicted octanol–water partition coefficient (Wildman–Crippen LogP) is 6.43. The highest BCUT2D eigenvalue weighted by Gasteiger charge is 2.26. The molecule has 0 spiro atoms. The highest BCUT2D eigenvalue weighted by Crippen LogP contribution is 2.43. The average Bonchev–Trinajstić information content (AvgIpc) is 3.50. The van der Waals surface area contributed by atoms with Crippen LogP contribution in [0.5, 0.6) is 5.75 Å². The van der Waals surface area contributed by atoms with E-state index < -0.39 is 10.0 Å². The Balaban J connectivity index is 0.00000107. The number of aryl methyl sites for hydroxylation is 1. The fourth-order valence-corrected chi connectivity index (χ4v) is 5.63. The molecule has 0 unspecified atom stereocenters. The lowest BCUT2D eigenvalue weighted by molar-refractivity contribution is 0.465. The zero-order valence-corrected chi connectivity index (χ0v) is 23.6. The van der Waals surface area contributed by atoms with E-state index in [1.54, 1.807) is 20.1 Å². The molecule has 3 heterocycles. The predicted molar refractivity (Wildman–Crippen MR) is 142 cm³/mol. The Morgan fingerprint density at radius 2 is 1.76 bits per heavy atom. The summed E-state index contributed by atoms with van der Waals surface area (Å²) in [5.41, 5.74) is 1.41. The van der Waals surface area contributed by atoms with Crippen molar-refractivity contribution in [3.05, 3.63) is 28.5 Å². The van der Waals surface area contributed by atoms with Crippen LogP contribution >= 0.6 is 23.1 Å². The summed E-state index contributed by atoms with van der Waals surface area (Å²) in [6.45, 7) is 16.5. The number of thiophene rings is 1. The third kappa shape index (κ3) is 7.97. The molecule has 4 N–H and O–H groups in total. The highest BCUT2D eigenvalue weighted by molar-refractivity contribution is 7.91. The van der Waals surface area contributed by atoms with Gasteiger partial charge in [-0.2, -0.15) is 8.75 Å². The maximum absolute atomic E-state index is 12.3. The zero-order chi connectivity index (χ0) is 25.9. The molecular weight excluding hydrogens is 494 g/mol. The van der Waals surface area contributed by atoms with Gasteiger partial charge in [-0.1, -0.05) is 54.9 Å². The molecule has 3 aromatic heterocycles. The molecule has 0 aromatic carbocycles. The van der Waals surface area contributed by atoms with Gasteiger partial charge in [-0.05, 0) is 24.5 Å². The SMILES string of the molecule is CC.CCC.CCNS(=O)(=O)c1sc(C)c(Nc2nsnc2NCc2cc(C(C)C)co2)c1O. The Morgan fingerprint density at radius 1 is 1.15 bits per heavy atom. The molecule has 0 amide bonds. The van der Waals surface area contributed by atoms with Crippen molar-refractivity contribution in [1.82, 2.24) is 13.5 Å². The Morgan fingerprint density at radius 3 is 2.32 bits per heavy atom. The minimum absolute atomic E-state index is 0.131. The van der Waals surface area contributed by atoms with Gasteiger partial charge in [0.25, 0.3) is 10.0 Å². The number of hydrogen-bond donors (Lipinski definition) is 4. The molecule has 0 bridgehead atoms. The summed E-state index contributed by atoms with van der Waals surface area (Å²) >= 11 is 1.99. The summed E-state index contributed by atoms with van der Waals surface area (Å²) in [5.74, 6) is 1.69. The summed E-state index contributed by atoms with van der Waals surface area (Å²) in [5, 5.41) is 16.6. The van der Waals surface area contributed by atoms with Crippen LogP contribution in [0.2, 0.25) is 0 Å². The molecular formula is C22H37N5O4S3. The second-order valence-corrected chi connectivity index (χ2v) is 11.0. The highest BCUT2D eigenvalue weighted by atomic mass is 32.2. The van der Waals surface area contributed by atoms with E-state index in [0.717, 1.165) is 34.4 Å². The van der Waals surface area contributed by atoms with Gasteiger partial charge in [0.1, 0.15) is 5.76 Å². The van der Waals surface area contributed by atoms with Gasteiger partial charge >= 0.3 is 0 Å². The molecule has 0 aliphatic heterocycles. The number of sulfonamides is 1. The summed E-state index contributed by atoms with van der Waals surface area (Å²) in [6.07, 6.45) is 2.99. The zero-order valence-electron chi connectivity index (χ0n) is 21.1. The van der Waals surface area contributed by atoms with Crippen molar-refractivity contribution in [2.24, 2.45) is 0 Å². The normalized spacial score (nSPS) is 10.9. The second-order valence-electron chi connectivity index (χ2n) is 7.32. The first kappa shape index (κ1) is 29.9. The van der Waals surface area contributed by atoms with Crippen molar-refractivity contribution in [3.8, 4) is 5.75 Å². The van der Waals surface area contributed by atoms with E-state index >= 15 is 0 Å². The summed E-state index contributed by atoms with van der Waals surface area (Å²) in [6, 6.07) is 1.98. The number of aromatic nitrogens is 2. The largest absolute Gasteiger partial charge is 0.504 e. The number of aromatic hydroxyl groups is 1. The van der Waals surface area contributed by atoms with E-state index in [4.69, 9.17) is 4.42 Å². The molecule has 0 aliphatic rings. The summed E-state index contributed by atoms with van der Waals surface area (Å²) in [7, 11) is -3.77. The maximum Gasteiger partial charge on any atom is 0.253 e. The van der Waals surface area contributed by atoms with Gasteiger partial charge in [-0.15, -0.1) is 11.3 Å². The van der Waals surface area contributed by atoms with Crippen molar-refractivity contribution < 1.29 is 17.9 Å². The second kappa shape index (κ2) is 14.3. The first-order valence-electron chi connectivity index (χ1n) is 11.4. The number of nitrogens with one attached hydrogen (secondary N) is 3. The maximum atomic E-state index is 12.3. The molecule has 12 heteroatoms. The van der Waals surface area contributed by atoms with Gasteiger partial charge in [-0.3, -0.25) is 0 Å². The number of anilines is 3. The molecule has 3 rings (SSSR count). The van der Waals surface area contributed by atoms with Gasteiger partial charge in [0.15, 0.2) is 21.6 Å². The fraction of sp³-hybridized carbons (Fsp3) is 0.545. The Labute approximate surface area is 211 Å². The third-order valence-corrected chi connectivity index (χ3v) is 7.79. The molecule has 0 saturated carbocycles. The van der Waals surface area contributed by atoms with Crippen LogP contribution < -0.4 is 15.4 Å². The Kier molecular flexibility index (Phi) is 12.6. The molecule has 192 valence electrons. The quantitative estimate of drug-likeness (QED) is 0.249. The van der Waals surface area contributed by atoms with Crippen LogP contribution in [-0.2, 0) is 16.6 Å². The van der Waals surface area contributed by atoms with Crippen LogP contribution in [0.3, 0.4) is 0 Å². The Bertz CT molecular complexity index is 1100. The van der Waals surface area contributed by atoms with E-state index in [2.05, 4.69) is 51.8 Å². The molecule has 0 fully saturated rings. The van der Waals surface area contributed by atoms with Crippen molar-refractivity contribution in [1.29, 1.82) is 0 Å². The van der Waals surface area contributed by atoms with Gasteiger partial charge in [-0.25, -0.2) is 13.1 Å². The van der Waals surface area contributed by atoms with E-state index in [9.17, 15) is 13.5 Å². The third-order valence-electron chi connectivity index (χ3n) is 4.11. The topological polar surface area (TPSA) is 129 Å². The molecule has 0 aliphatic carbocycles. The van der Waals surface area contributed by atoms with Crippen LogP contribution in [0.25, 0.3) is 0 Å². The number of hydrogen-bond acceptors (Lipinski definition) is 10. The van der Waals surface area contributed by atoms with E-state index in [-0.39, 0.29) is 16.5 Å². The first-order valence-corrected chi connectivity index (χ1v) is 14.4. The van der Waals surface area contributed by atoms with Crippen molar-refractivity contribution >= 4 is 50.4 Å². The average molecular weight is 532 g/mol. The molecule has 9 nitrogen and oxygen atoms in total. The van der Waals surface area contributed by atoms with Gasteiger partial charge in [0.05, 0.1) is 30.2 Å². The van der Waals surface area contributed by atoms with Crippen molar-refractivity contribution in [2.45, 2.75) is 78.5 Å². The molecule has 3 aromatic rings. The molecule has 0 saturated heterocycles. The summed E-state index contributed by atoms with van der Waals surface area (Å²) in [4.78, 5) is 0.616. The number of furan rings is 1. The minimum Gasteiger partial charge on any atom is -0.504 e. The van der Waals surface area contributed by atoms with Gasteiger partial charge < -0.3 is 20.2 Å². The molecule has 0 atom stereocenters. The smallest absolute Gasteiger partial charge is 0.253 e. The fourth-order valence-electron chi connectivity index (χ4n) is 2.56. The van der Waals surface area contributed by atoms with E-state index in [0.29, 0.717) is 34.7 Å². The lowest BCUT2D eigenvalue weighted by Gasteiger charge is -2.07. The van der Waals surface area contributed by atoms with E-state index in [1.165, 1.54) is 6.42 Å². The van der Waals surface area contributed by atoms with E-state index in [1.807, 2.05) is 19.9 Å². The minimum atomic E-state index is -3.77. The van der Waals surface area contributed by atoms with Crippen molar-refractivity contribution in [2.75, 3.05) is 17.2 Å².